The summed E-state index contributed by atoms with van der Waals surface area (Å²) in [5.74, 6) is -0.387. The third-order valence-corrected chi connectivity index (χ3v) is 3.38. The number of likely N-dealkylation sites (N-methyl/N-ethyl adjacent to an activating group) is 1. The minimum absolute atomic E-state index is 0.113. The Morgan fingerprint density at radius 1 is 1.50 bits per heavy atom. The molecule has 0 spiro atoms. The summed E-state index contributed by atoms with van der Waals surface area (Å²) in [4.78, 5) is 14.2. The Hall–Kier alpha value is -1.42. The normalized spacial score (nSPS) is 20.7. The SMILES string of the molecule is Cc1cc(C(=O)NC2CCCN(C)C2)ccc1F. The van der Waals surface area contributed by atoms with Gasteiger partial charge in [0.2, 0.25) is 0 Å². The largest absolute Gasteiger partial charge is 0.348 e. The molecule has 1 fully saturated rings. The van der Waals surface area contributed by atoms with Gasteiger partial charge in [0.1, 0.15) is 5.82 Å². The lowest BCUT2D eigenvalue weighted by Gasteiger charge is -2.30. The summed E-state index contributed by atoms with van der Waals surface area (Å²) in [7, 11) is 2.06. The molecule has 0 saturated carbocycles. The Balaban J connectivity index is 2.00. The second-order valence-corrected chi connectivity index (χ2v) is 5.04. The highest BCUT2D eigenvalue weighted by molar-refractivity contribution is 5.94. The number of rotatable bonds is 2. The number of carbonyl (C=O) groups excluding carboxylic acids is 1. The van der Waals surface area contributed by atoms with Gasteiger partial charge in [-0.05, 0) is 57.1 Å². The molecule has 0 radical (unpaired) electrons. The van der Waals surface area contributed by atoms with Crippen molar-refractivity contribution in [3.63, 3.8) is 0 Å². The molecule has 1 aliphatic rings. The van der Waals surface area contributed by atoms with Crippen LogP contribution in [0.5, 0.6) is 0 Å². The zero-order valence-electron chi connectivity index (χ0n) is 10.9. The second kappa shape index (κ2) is 5.48. The van der Waals surface area contributed by atoms with Crippen molar-refractivity contribution in [2.24, 2.45) is 0 Å². The van der Waals surface area contributed by atoms with Gasteiger partial charge >= 0.3 is 0 Å². The van der Waals surface area contributed by atoms with Gasteiger partial charge in [-0.25, -0.2) is 4.39 Å². The van der Waals surface area contributed by atoms with Crippen LogP contribution in [0.3, 0.4) is 0 Å². The molecule has 0 bridgehead atoms. The van der Waals surface area contributed by atoms with E-state index in [9.17, 15) is 9.18 Å². The van der Waals surface area contributed by atoms with E-state index in [1.807, 2.05) is 0 Å². The monoisotopic (exact) mass is 250 g/mol. The maximum atomic E-state index is 13.1. The number of hydrogen-bond acceptors (Lipinski definition) is 2. The molecular formula is C14H19FN2O. The Morgan fingerprint density at radius 2 is 2.28 bits per heavy atom. The van der Waals surface area contributed by atoms with Gasteiger partial charge in [0.25, 0.3) is 5.91 Å². The van der Waals surface area contributed by atoms with Crippen molar-refractivity contribution in [3.8, 4) is 0 Å². The van der Waals surface area contributed by atoms with E-state index in [0.717, 1.165) is 25.9 Å². The van der Waals surface area contributed by atoms with Crippen molar-refractivity contribution >= 4 is 5.91 Å². The molecular weight excluding hydrogens is 231 g/mol. The summed E-state index contributed by atoms with van der Waals surface area (Å²) < 4.78 is 13.1. The number of halogens is 1. The van der Waals surface area contributed by atoms with Crippen molar-refractivity contribution in [2.45, 2.75) is 25.8 Å². The Labute approximate surface area is 107 Å². The van der Waals surface area contributed by atoms with Gasteiger partial charge < -0.3 is 10.2 Å². The molecule has 1 aromatic carbocycles. The van der Waals surface area contributed by atoms with Crippen molar-refractivity contribution in [1.29, 1.82) is 0 Å². The van der Waals surface area contributed by atoms with Gasteiger partial charge in [-0.1, -0.05) is 0 Å². The van der Waals surface area contributed by atoms with E-state index < -0.39 is 0 Å². The molecule has 1 saturated heterocycles. The maximum absolute atomic E-state index is 13.1. The van der Waals surface area contributed by atoms with E-state index in [1.165, 1.54) is 12.1 Å². The minimum atomic E-state index is -0.274. The summed E-state index contributed by atoms with van der Waals surface area (Å²) in [6.45, 7) is 3.63. The second-order valence-electron chi connectivity index (χ2n) is 5.04. The van der Waals surface area contributed by atoms with Gasteiger partial charge in [0.15, 0.2) is 0 Å². The van der Waals surface area contributed by atoms with E-state index in [2.05, 4.69) is 17.3 Å². The Kier molecular flexibility index (Phi) is 3.97. The quantitative estimate of drug-likeness (QED) is 0.870. The average Bonchev–Trinajstić information content (AvgIpc) is 2.32. The molecule has 2 rings (SSSR count). The van der Waals surface area contributed by atoms with Crippen molar-refractivity contribution in [3.05, 3.63) is 35.1 Å². The van der Waals surface area contributed by atoms with Gasteiger partial charge in [-0.3, -0.25) is 4.79 Å². The first-order chi connectivity index (χ1) is 8.56. The zero-order chi connectivity index (χ0) is 13.1. The molecule has 1 heterocycles. The summed E-state index contributed by atoms with van der Waals surface area (Å²) in [5.41, 5.74) is 1.03. The third kappa shape index (κ3) is 3.07. The molecule has 18 heavy (non-hydrogen) atoms. The number of nitrogens with zero attached hydrogens (tertiary/aromatic N) is 1. The molecule has 3 nitrogen and oxygen atoms in total. The fraction of sp³-hybridized carbons (Fsp3) is 0.500. The highest BCUT2D eigenvalue weighted by Crippen LogP contribution is 2.12. The van der Waals surface area contributed by atoms with Crippen LogP contribution in [0, 0.1) is 12.7 Å². The average molecular weight is 250 g/mol. The number of hydrogen-bond donors (Lipinski definition) is 1. The van der Waals surface area contributed by atoms with Gasteiger partial charge in [-0.15, -0.1) is 0 Å². The Bertz CT molecular complexity index is 447. The van der Waals surface area contributed by atoms with Crippen molar-refractivity contribution in [1.82, 2.24) is 10.2 Å². The lowest BCUT2D eigenvalue weighted by atomic mass is 10.1. The Morgan fingerprint density at radius 3 is 2.94 bits per heavy atom. The standard InChI is InChI=1S/C14H19FN2O/c1-10-8-11(5-6-13(10)15)14(18)16-12-4-3-7-17(2)9-12/h5-6,8,12H,3-4,7,9H2,1-2H3,(H,16,18). The highest BCUT2D eigenvalue weighted by Gasteiger charge is 2.19. The van der Waals surface area contributed by atoms with Crippen LogP contribution in [0.25, 0.3) is 0 Å². The number of carbonyl (C=O) groups is 1. The van der Waals surface area contributed by atoms with Crippen LogP contribution in [0.1, 0.15) is 28.8 Å². The van der Waals surface area contributed by atoms with E-state index in [0.29, 0.717) is 11.1 Å². The number of aryl methyl sites for hydroxylation is 1. The van der Waals surface area contributed by atoms with Crippen LogP contribution in [-0.2, 0) is 0 Å². The minimum Gasteiger partial charge on any atom is -0.348 e. The van der Waals surface area contributed by atoms with Crippen LogP contribution >= 0.6 is 0 Å². The fourth-order valence-electron chi connectivity index (χ4n) is 2.34. The highest BCUT2D eigenvalue weighted by atomic mass is 19.1. The maximum Gasteiger partial charge on any atom is 0.251 e. The number of likely N-dealkylation sites (tertiary alicyclic amines) is 1. The van der Waals surface area contributed by atoms with E-state index in [1.54, 1.807) is 13.0 Å². The lowest BCUT2D eigenvalue weighted by molar-refractivity contribution is 0.0912. The molecule has 0 aliphatic carbocycles. The number of amides is 1. The smallest absolute Gasteiger partial charge is 0.251 e. The first kappa shape index (κ1) is 13.0. The molecule has 1 unspecified atom stereocenters. The first-order valence-corrected chi connectivity index (χ1v) is 6.32. The van der Waals surface area contributed by atoms with Gasteiger partial charge in [0, 0.05) is 18.2 Å². The van der Waals surface area contributed by atoms with Gasteiger partial charge in [0.05, 0.1) is 0 Å². The first-order valence-electron chi connectivity index (χ1n) is 6.32. The van der Waals surface area contributed by atoms with Crippen LogP contribution < -0.4 is 5.32 Å². The summed E-state index contributed by atoms with van der Waals surface area (Å²) in [6, 6.07) is 4.67. The zero-order valence-corrected chi connectivity index (χ0v) is 10.9. The molecule has 4 heteroatoms. The predicted molar refractivity (Wildman–Crippen MR) is 69.1 cm³/mol. The van der Waals surface area contributed by atoms with E-state index in [4.69, 9.17) is 0 Å². The van der Waals surface area contributed by atoms with Crippen LogP contribution in [0.4, 0.5) is 4.39 Å². The van der Waals surface area contributed by atoms with Crippen LogP contribution in [0.15, 0.2) is 18.2 Å². The number of piperidine rings is 1. The number of nitrogens with one attached hydrogen (secondary N) is 1. The topological polar surface area (TPSA) is 32.3 Å². The van der Waals surface area contributed by atoms with Crippen molar-refractivity contribution < 1.29 is 9.18 Å². The van der Waals surface area contributed by atoms with Crippen LogP contribution in [0.2, 0.25) is 0 Å². The fourth-order valence-corrected chi connectivity index (χ4v) is 2.34. The van der Waals surface area contributed by atoms with Crippen LogP contribution in [-0.4, -0.2) is 37.0 Å². The molecule has 1 aliphatic heterocycles. The molecule has 1 amide bonds. The molecule has 1 aromatic rings. The third-order valence-electron chi connectivity index (χ3n) is 3.38. The van der Waals surface area contributed by atoms with E-state index >= 15 is 0 Å². The predicted octanol–water partition coefficient (Wildman–Crippen LogP) is 1.96. The van der Waals surface area contributed by atoms with Gasteiger partial charge in [-0.2, -0.15) is 0 Å². The molecule has 98 valence electrons. The van der Waals surface area contributed by atoms with Crippen molar-refractivity contribution in [2.75, 3.05) is 20.1 Å². The lowest BCUT2D eigenvalue weighted by Crippen LogP contribution is -2.46. The summed E-state index contributed by atoms with van der Waals surface area (Å²) in [6.07, 6.45) is 2.11. The van der Waals surface area contributed by atoms with E-state index in [-0.39, 0.29) is 17.8 Å². The molecule has 1 atom stereocenters. The molecule has 1 N–H and O–H groups in total. The summed E-state index contributed by atoms with van der Waals surface area (Å²) >= 11 is 0. The molecule has 0 aromatic heterocycles. The summed E-state index contributed by atoms with van der Waals surface area (Å²) in [5, 5.41) is 3.01. The number of benzene rings is 1.